The fourth-order valence-corrected chi connectivity index (χ4v) is 1.57. The normalized spacial score (nSPS) is 9.88. The minimum atomic E-state index is 0.474. The highest BCUT2D eigenvalue weighted by atomic mass is 32.1. The van der Waals surface area contributed by atoms with Crippen LogP contribution >= 0.6 is 12.2 Å². The number of aromatic nitrogens is 3. The molecule has 0 aliphatic heterocycles. The smallest absolute Gasteiger partial charge is 0.247 e. The van der Waals surface area contributed by atoms with Crippen LogP contribution in [0.25, 0.3) is 0 Å². The third-order valence-electron chi connectivity index (χ3n) is 2.18. The van der Waals surface area contributed by atoms with Gasteiger partial charge in [0.25, 0.3) is 0 Å². The fraction of sp³-hybridized carbons (Fsp3) is 0.182. The van der Waals surface area contributed by atoms with Crippen molar-refractivity contribution < 1.29 is 0 Å². The van der Waals surface area contributed by atoms with Crippen molar-refractivity contribution in [1.82, 2.24) is 20.5 Å². The van der Waals surface area contributed by atoms with Gasteiger partial charge in [0, 0.05) is 6.54 Å². The maximum absolute atomic E-state index is 5.10. The standard InChI is InChI=1S/C11H13N5S/c17-11(15-10-13-8-14-16-10)12-7-6-9-4-2-1-3-5-9/h1-5,8H,6-7H2,(H3,12,13,14,15,16,17). The molecular formula is C11H13N5S. The highest BCUT2D eigenvalue weighted by molar-refractivity contribution is 7.80. The predicted octanol–water partition coefficient (Wildman–Crippen LogP) is 1.33. The molecule has 1 aromatic carbocycles. The van der Waals surface area contributed by atoms with Crippen molar-refractivity contribution in [1.29, 1.82) is 0 Å². The van der Waals surface area contributed by atoms with Gasteiger partial charge >= 0.3 is 0 Å². The Morgan fingerprint density at radius 2 is 2.12 bits per heavy atom. The van der Waals surface area contributed by atoms with Gasteiger partial charge in [0.15, 0.2) is 5.11 Å². The van der Waals surface area contributed by atoms with Crippen molar-refractivity contribution >= 4 is 23.3 Å². The van der Waals surface area contributed by atoms with Crippen LogP contribution in [0.3, 0.4) is 0 Å². The number of anilines is 1. The van der Waals surface area contributed by atoms with E-state index in [4.69, 9.17) is 12.2 Å². The lowest BCUT2D eigenvalue weighted by molar-refractivity contribution is 0.872. The van der Waals surface area contributed by atoms with E-state index in [1.165, 1.54) is 11.9 Å². The minimum Gasteiger partial charge on any atom is -0.362 e. The van der Waals surface area contributed by atoms with Crippen molar-refractivity contribution in [2.75, 3.05) is 11.9 Å². The molecule has 0 saturated heterocycles. The number of benzene rings is 1. The van der Waals surface area contributed by atoms with E-state index in [9.17, 15) is 0 Å². The Hall–Kier alpha value is -1.95. The minimum absolute atomic E-state index is 0.474. The first-order valence-electron chi connectivity index (χ1n) is 5.29. The predicted molar refractivity (Wildman–Crippen MR) is 70.8 cm³/mol. The molecule has 2 rings (SSSR count). The van der Waals surface area contributed by atoms with Crippen molar-refractivity contribution in [3.63, 3.8) is 0 Å². The van der Waals surface area contributed by atoms with Crippen LogP contribution in [0, 0.1) is 0 Å². The maximum atomic E-state index is 5.10. The largest absolute Gasteiger partial charge is 0.362 e. The molecule has 0 atom stereocenters. The molecule has 0 saturated carbocycles. The van der Waals surface area contributed by atoms with Crippen molar-refractivity contribution in [2.24, 2.45) is 0 Å². The molecule has 0 spiro atoms. The first-order chi connectivity index (χ1) is 8.34. The lowest BCUT2D eigenvalue weighted by atomic mass is 10.1. The molecule has 0 aliphatic rings. The van der Waals surface area contributed by atoms with E-state index in [-0.39, 0.29) is 0 Å². The number of hydrogen-bond donors (Lipinski definition) is 3. The second-order valence-corrected chi connectivity index (χ2v) is 3.85. The van der Waals surface area contributed by atoms with Gasteiger partial charge in [-0.2, -0.15) is 0 Å². The van der Waals surface area contributed by atoms with Crippen LogP contribution in [0.1, 0.15) is 5.56 Å². The summed E-state index contributed by atoms with van der Waals surface area (Å²) in [5, 5.41) is 13.0. The Bertz CT molecular complexity index is 454. The van der Waals surface area contributed by atoms with Crippen LogP contribution in [0.2, 0.25) is 0 Å². The summed E-state index contributed by atoms with van der Waals surface area (Å²) in [5.74, 6) is 0.474. The fourth-order valence-electron chi connectivity index (χ4n) is 1.38. The van der Waals surface area contributed by atoms with Crippen molar-refractivity contribution in [3.05, 3.63) is 42.2 Å². The molecule has 0 fully saturated rings. The van der Waals surface area contributed by atoms with E-state index in [0.717, 1.165) is 13.0 Å². The Morgan fingerprint density at radius 1 is 1.29 bits per heavy atom. The average molecular weight is 247 g/mol. The number of thiocarbonyl (C=S) groups is 1. The quantitative estimate of drug-likeness (QED) is 0.711. The Morgan fingerprint density at radius 3 is 2.82 bits per heavy atom. The molecule has 0 aliphatic carbocycles. The third-order valence-corrected chi connectivity index (χ3v) is 2.43. The first kappa shape index (κ1) is 11.5. The Labute approximate surface area is 105 Å². The van der Waals surface area contributed by atoms with E-state index in [0.29, 0.717) is 11.1 Å². The zero-order valence-electron chi connectivity index (χ0n) is 9.18. The summed E-state index contributed by atoms with van der Waals surface area (Å²) in [6.45, 7) is 0.778. The first-order valence-corrected chi connectivity index (χ1v) is 5.70. The molecule has 2 aromatic rings. The second kappa shape index (κ2) is 5.95. The molecule has 3 N–H and O–H groups in total. The summed E-state index contributed by atoms with van der Waals surface area (Å²) in [6.07, 6.45) is 2.42. The number of nitrogens with one attached hydrogen (secondary N) is 3. The number of nitrogens with zero attached hydrogens (tertiary/aromatic N) is 2. The van der Waals surface area contributed by atoms with Gasteiger partial charge in [-0.15, -0.1) is 5.10 Å². The zero-order chi connectivity index (χ0) is 11.9. The number of hydrogen-bond acceptors (Lipinski definition) is 3. The van der Waals surface area contributed by atoms with E-state index in [1.54, 1.807) is 0 Å². The van der Waals surface area contributed by atoms with Gasteiger partial charge in [0.05, 0.1) is 0 Å². The summed E-state index contributed by atoms with van der Waals surface area (Å²) < 4.78 is 0. The van der Waals surface area contributed by atoms with Crippen LogP contribution in [0.15, 0.2) is 36.7 Å². The van der Waals surface area contributed by atoms with Gasteiger partial charge in [-0.1, -0.05) is 30.3 Å². The average Bonchev–Trinajstić information content (AvgIpc) is 2.83. The third kappa shape index (κ3) is 3.84. The molecular weight excluding hydrogens is 234 g/mol. The summed E-state index contributed by atoms with van der Waals surface area (Å²) in [4.78, 5) is 3.92. The lowest BCUT2D eigenvalue weighted by Crippen LogP contribution is -2.30. The van der Waals surface area contributed by atoms with Crippen LogP contribution < -0.4 is 10.6 Å². The summed E-state index contributed by atoms with van der Waals surface area (Å²) in [5.41, 5.74) is 1.28. The Kier molecular flexibility index (Phi) is 4.04. The zero-order valence-corrected chi connectivity index (χ0v) is 10.00. The number of rotatable bonds is 4. The van der Waals surface area contributed by atoms with Crippen LogP contribution in [-0.4, -0.2) is 26.8 Å². The second-order valence-electron chi connectivity index (χ2n) is 3.44. The van der Waals surface area contributed by atoms with Gasteiger partial charge in [0.1, 0.15) is 6.33 Å². The monoisotopic (exact) mass is 247 g/mol. The van der Waals surface area contributed by atoms with E-state index >= 15 is 0 Å². The highest BCUT2D eigenvalue weighted by Gasteiger charge is 1.99. The van der Waals surface area contributed by atoms with E-state index < -0.39 is 0 Å². The van der Waals surface area contributed by atoms with Gasteiger partial charge in [-0.05, 0) is 24.2 Å². The topological polar surface area (TPSA) is 65.6 Å². The van der Waals surface area contributed by atoms with E-state index in [2.05, 4.69) is 37.9 Å². The van der Waals surface area contributed by atoms with Gasteiger partial charge in [-0.3, -0.25) is 10.4 Å². The Balaban J connectivity index is 1.70. The number of aromatic amines is 1. The molecule has 0 amide bonds. The summed E-state index contributed by atoms with van der Waals surface area (Å²) >= 11 is 5.10. The molecule has 1 heterocycles. The van der Waals surface area contributed by atoms with Crippen LogP contribution in [0.4, 0.5) is 5.95 Å². The van der Waals surface area contributed by atoms with Crippen LogP contribution in [-0.2, 0) is 6.42 Å². The number of H-pyrrole nitrogens is 1. The molecule has 0 radical (unpaired) electrons. The SMILES string of the molecule is S=C(NCCc1ccccc1)Nc1nc[nH]n1. The van der Waals surface area contributed by atoms with E-state index in [1.807, 2.05) is 18.2 Å². The van der Waals surface area contributed by atoms with Gasteiger partial charge < -0.3 is 5.32 Å². The molecule has 17 heavy (non-hydrogen) atoms. The molecule has 6 heteroatoms. The van der Waals surface area contributed by atoms with Crippen molar-refractivity contribution in [3.8, 4) is 0 Å². The molecule has 88 valence electrons. The van der Waals surface area contributed by atoms with Gasteiger partial charge in [-0.25, -0.2) is 4.98 Å². The summed E-state index contributed by atoms with van der Waals surface area (Å²) in [7, 11) is 0. The molecule has 5 nitrogen and oxygen atoms in total. The lowest BCUT2D eigenvalue weighted by Gasteiger charge is -2.07. The molecule has 0 bridgehead atoms. The van der Waals surface area contributed by atoms with Gasteiger partial charge in [0.2, 0.25) is 5.95 Å². The molecule has 1 aromatic heterocycles. The van der Waals surface area contributed by atoms with Crippen molar-refractivity contribution in [2.45, 2.75) is 6.42 Å². The summed E-state index contributed by atoms with van der Waals surface area (Å²) in [6, 6.07) is 10.2. The highest BCUT2D eigenvalue weighted by Crippen LogP contribution is 1.98. The maximum Gasteiger partial charge on any atom is 0.247 e. The molecule has 0 unspecified atom stereocenters. The van der Waals surface area contributed by atoms with Crippen LogP contribution in [0.5, 0.6) is 0 Å².